The summed E-state index contributed by atoms with van der Waals surface area (Å²) in [5, 5.41) is 5.41. The van der Waals surface area contributed by atoms with Crippen LogP contribution in [0.15, 0.2) is 53.6 Å². The van der Waals surface area contributed by atoms with Crippen LogP contribution < -0.4 is 5.43 Å². The molecule has 2 nitrogen and oxygen atoms in total. The van der Waals surface area contributed by atoms with Crippen molar-refractivity contribution >= 4 is 29.4 Å². The van der Waals surface area contributed by atoms with Crippen molar-refractivity contribution in [2.45, 2.75) is 6.54 Å². The monoisotopic (exact) mass is 278 g/mol. The molecule has 0 atom stereocenters. The molecule has 0 aromatic heterocycles. The standard InChI is InChI=1S/C14H12Cl2N2/c15-13-7-4-8-14(16)12(13)10-18-17-9-11-5-2-1-3-6-11/h1-9,18H,10H2/b17-9+. The maximum atomic E-state index is 6.05. The zero-order valence-corrected chi connectivity index (χ0v) is 11.1. The van der Waals surface area contributed by atoms with Crippen LogP contribution in [-0.4, -0.2) is 6.21 Å². The minimum Gasteiger partial charge on any atom is -0.306 e. The van der Waals surface area contributed by atoms with Crippen molar-refractivity contribution in [3.05, 3.63) is 69.7 Å². The highest BCUT2D eigenvalue weighted by atomic mass is 35.5. The summed E-state index contributed by atoms with van der Waals surface area (Å²) in [5.74, 6) is 0. The van der Waals surface area contributed by atoms with Gasteiger partial charge in [0.1, 0.15) is 0 Å². The maximum absolute atomic E-state index is 6.05. The summed E-state index contributed by atoms with van der Waals surface area (Å²) < 4.78 is 0. The lowest BCUT2D eigenvalue weighted by Gasteiger charge is -2.05. The minimum absolute atomic E-state index is 0.502. The van der Waals surface area contributed by atoms with Crippen molar-refractivity contribution in [3.63, 3.8) is 0 Å². The van der Waals surface area contributed by atoms with Gasteiger partial charge in [0.15, 0.2) is 0 Å². The Balaban J connectivity index is 1.95. The lowest BCUT2D eigenvalue weighted by atomic mass is 10.2. The Hall–Kier alpha value is -1.51. The van der Waals surface area contributed by atoms with Crippen molar-refractivity contribution in [1.82, 2.24) is 5.43 Å². The Labute approximate surface area is 116 Å². The molecule has 2 aromatic rings. The van der Waals surface area contributed by atoms with Gasteiger partial charge in [-0.25, -0.2) is 0 Å². The predicted octanol–water partition coefficient (Wildman–Crippen LogP) is 4.12. The van der Waals surface area contributed by atoms with Crippen LogP contribution in [0.1, 0.15) is 11.1 Å². The summed E-state index contributed by atoms with van der Waals surface area (Å²) in [6.45, 7) is 0.502. The molecule has 0 aliphatic rings. The van der Waals surface area contributed by atoms with Gasteiger partial charge >= 0.3 is 0 Å². The molecule has 1 N–H and O–H groups in total. The highest BCUT2D eigenvalue weighted by Crippen LogP contribution is 2.23. The van der Waals surface area contributed by atoms with Gasteiger partial charge in [0.2, 0.25) is 0 Å². The lowest BCUT2D eigenvalue weighted by Crippen LogP contribution is -2.06. The molecular weight excluding hydrogens is 267 g/mol. The van der Waals surface area contributed by atoms with Gasteiger partial charge in [-0.1, -0.05) is 59.6 Å². The third kappa shape index (κ3) is 3.49. The number of nitrogens with zero attached hydrogens (tertiary/aromatic N) is 1. The van der Waals surface area contributed by atoms with Crippen LogP contribution in [0.2, 0.25) is 10.0 Å². The van der Waals surface area contributed by atoms with Crippen molar-refractivity contribution in [1.29, 1.82) is 0 Å². The highest BCUT2D eigenvalue weighted by Gasteiger charge is 2.03. The van der Waals surface area contributed by atoms with Crippen LogP contribution in [0.4, 0.5) is 0 Å². The second kappa shape index (κ2) is 6.43. The van der Waals surface area contributed by atoms with E-state index in [0.717, 1.165) is 11.1 Å². The molecule has 2 aromatic carbocycles. The van der Waals surface area contributed by atoms with E-state index in [9.17, 15) is 0 Å². The molecular formula is C14H12Cl2N2. The van der Waals surface area contributed by atoms with Crippen molar-refractivity contribution in [2.75, 3.05) is 0 Å². The second-order valence-electron chi connectivity index (χ2n) is 3.70. The zero-order chi connectivity index (χ0) is 12.8. The molecule has 18 heavy (non-hydrogen) atoms. The number of halogens is 2. The summed E-state index contributed by atoms with van der Waals surface area (Å²) in [6.07, 6.45) is 1.75. The van der Waals surface area contributed by atoms with Gasteiger partial charge in [-0.15, -0.1) is 0 Å². The van der Waals surface area contributed by atoms with E-state index >= 15 is 0 Å². The molecule has 0 aliphatic carbocycles. The maximum Gasteiger partial charge on any atom is 0.0609 e. The van der Waals surface area contributed by atoms with Crippen LogP contribution in [0.5, 0.6) is 0 Å². The topological polar surface area (TPSA) is 24.4 Å². The quantitative estimate of drug-likeness (QED) is 0.660. The number of hydrogen-bond acceptors (Lipinski definition) is 2. The molecule has 0 bridgehead atoms. The molecule has 0 aliphatic heterocycles. The molecule has 0 fully saturated rings. The first-order valence-electron chi connectivity index (χ1n) is 5.51. The molecule has 0 spiro atoms. The minimum atomic E-state index is 0.502. The molecule has 92 valence electrons. The first-order valence-corrected chi connectivity index (χ1v) is 6.27. The zero-order valence-electron chi connectivity index (χ0n) is 9.61. The van der Waals surface area contributed by atoms with E-state index in [2.05, 4.69) is 10.5 Å². The van der Waals surface area contributed by atoms with Gasteiger partial charge < -0.3 is 5.43 Å². The smallest absolute Gasteiger partial charge is 0.0609 e. The number of nitrogens with one attached hydrogen (secondary N) is 1. The van der Waals surface area contributed by atoms with E-state index < -0.39 is 0 Å². The Morgan fingerprint density at radius 1 is 0.944 bits per heavy atom. The Morgan fingerprint density at radius 3 is 2.28 bits per heavy atom. The molecule has 0 saturated carbocycles. The fraction of sp³-hybridized carbons (Fsp3) is 0.0714. The van der Waals surface area contributed by atoms with Gasteiger partial charge in [-0.3, -0.25) is 0 Å². The lowest BCUT2D eigenvalue weighted by molar-refractivity contribution is 0.748. The van der Waals surface area contributed by atoms with Crippen LogP contribution in [0, 0.1) is 0 Å². The molecule has 4 heteroatoms. The van der Waals surface area contributed by atoms with Gasteiger partial charge in [-0.2, -0.15) is 5.10 Å². The molecule has 0 saturated heterocycles. The Kier molecular flexibility index (Phi) is 4.62. The fourth-order valence-corrected chi connectivity index (χ4v) is 2.02. The summed E-state index contributed by atoms with van der Waals surface area (Å²) in [5.41, 5.74) is 4.82. The molecule has 0 heterocycles. The first kappa shape index (κ1) is 12.9. The van der Waals surface area contributed by atoms with Crippen molar-refractivity contribution < 1.29 is 0 Å². The molecule has 0 amide bonds. The summed E-state index contributed by atoms with van der Waals surface area (Å²) in [7, 11) is 0. The van der Waals surface area contributed by atoms with Crippen LogP contribution >= 0.6 is 23.2 Å². The summed E-state index contributed by atoms with van der Waals surface area (Å²) >= 11 is 12.1. The van der Waals surface area contributed by atoms with E-state index in [-0.39, 0.29) is 0 Å². The first-order chi connectivity index (χ1) is 8.77. The predicted molar refractivity (Wildman–Crippen MR) is 77.3 cm³/mol. The Bertz CT molecular complexity index is 518. The average Bonchev–Trinajstić information content (AvgIpc) is 2.38. The van der Waals surface area contributed by atoms with E-state index in [1.54, 1.807) is 6.21 Å². The van der Waals surface area contributed by atoms with Crippen LogP contribution in [0.3, 0.4) is 0 Å². The van der Waals surface area contributed by atoms with Gasteiger partial charge in [0.25, 0.3) is 0 Å². The Morgan fingerprint density at radius 2 is 1.61 bits per heavy atom. The van der Waals surface area contributed by atoms with Gasteiger partial charge in [0.05, 0.1) is 12.8 Å². The van der Waals surface area contributed by atoms with E-state index in [0.29, 0.717) is 16.6 Å². The van der Waals surface area contributed by atoms with Crippen LogP contribution in [-0.2, 0) is 6.54 Å². The number of benzene rings is 2. The number of rotatable bonds is 4. The normalized spacial score (nSPS) is 10.8. The number of hydrazone groups is 1. The summed E-state index contributed by atoms with van der Waals surface area (Å²) in [6, 6.07) is 15.3. The van der Waals surface area contributed by atoms with E-state index in [4.69, 9.17) is 23.2 Å². The largest absolute Gasteiger partial charge is 0.306 e. The van der Waals surface area contributed by atoms with Gasteiger partial charge in [-0.05, 0) is 17.7 Å². The molecule has 2 rings (SSSR count). The van der Waals surface area contributed by atoms with Crippen LogP contribution in [0.25, 0.3) is 0 Å². The fourth-order valence-electron chi connectivity index (χ4n) is 1.49. The third-order valence-electron chi connectivity index (χ3n) is 2.42. The SMILES string of the molecule is Clc1cccc(Cl)c1CN/N=C/c1ccccc1. The number of hydrogen-bond donors (Lipinski definition) is 1. The van der Waals surface area contributed by atoms with E-state index in [1.165, 1.54) is 0 Å². The van der Waals surface area contributed by atoms with Crippen molar-refractivity contribution in [2.24, 2.45) is 5.10 Å². The van der Waals surface area contributed by atoms with Crippen molar-refractivity contribution in [3.8, 4) is 0 Å². The highest BCUT2D eigenvalue weighted by molar-refractivity contribution is 6.35. The van der Waals surface area contributed by atoms with E-state index in [1.807, 2.05) is 48.5 Å². The third-order valence-corrected chi connectivity index (χ3v) is 3.13. The molecule has 0 unspecified atom stereocenters. The second-order valence-corrected chi connectivity index (χ2v) is 4.52. The average molecular weight is 279 g/mol. The van der Waals surface area contributed by atoms with Gasteiger partial charge in [0, 0.05) is 15.6 Å². The molecule has 0 radical (unpaired) electrons. The summed E-state index contributed by atoms with van der Waals surface area (Å²) in [4.78, 5) is 0.